The van der Waals surface area contributed by atoms with Crippen molar-refractivity contribution in [3.8, 4) is 0 Å². The first kappa shape index (κ1) is 15.1. The molecule has 2 aliphatic heterocycles. The fourth-order valence-electron chi connectivity index (χ4n) is 4.29. The molecule has 3 aliphatic rings. The van der Waals surface area contributed by atoms with Crippen molar-refractivity contribution in [2.45, 2.75) is 51.4 Å². The third-order valence-electron chi connectivity index (χ3n) is 5.82. The van der Waals surface area contributed by atoms with Crippen molar-refractivity contribution in [1.82, 2.24) is 15.1 Å². The van der Waals surface area contributed by atoms with E-state index < -0.39 is 0 Å². The highest BCUT2D eigenvalue weighted by Gasteiger charge is 2.35. The van der Waals surface area contributed by atoms with Crippen LogP contribution in [0.15, 0.2) is 4.99 Å². The van der Waals surface area contributed by atoms with Gasteiger partial charge in [-0.15, -0.1) is 0 Å². The van der Waals surface area contributed by atoms with Gasteiger partial charge >= 0.3 is 0 Å². The Morgan fingerprint density at radius 3 is 2.48 bits per heavy atom. The number of rotatable bonds is 3. The minimum atomic E-state index is 0.732. The molecule has 4 heteroatoms. The molecule has 0 bridgehead atoms. The zero-order chi connectivity index (χ0) is 14.5. The molecule has 3 rings (SSSR count). The van der Waals surface area contributed by atoms with Crippen LogP contribution in [-0.4, -0.2) is 62.1 Å². The molecule has 1 saturated heterocycles. The van der Waals surface area contributed by atoms with Crippen LogP contribution >= 0.6 is 0 Å². The van der Waals surface area contributed by atoms with Gasteiger partial charge in [-0.2, -0.15) is 0 Å². The van der Waals surface area contributed by atoms with E-state index >= 15 is 0 Å². The summed E-state index contributed by atoms with van der Waals surface area (Å²) in [6.45, 7) is 6.95. The maximum Gasteiger partial charge on any atom is 0.193 e. The highest BCUT2D eigenvalue weighted by atomic mass is 15.3. The molecule has 0 radical (unpaired) electrons. The molecule has 0 unspecified atom stereocenters. The van der Waals surface area contributed by atoms with Gasteiger partial charge in [-0.1, -0.05) is 19.3 Å². The average molecular weight is 292 g/mol. The minimum Gasteiger partial charge on any atom is -0.355 e. The molecule has 1 N–H and O–H groups in total. The Balaban J connectivity index is 1.37. The van der Waals surface area contributed by atoms with Crippen LogP contribution in [0.3, 0.4) is 0 Å². The summed E-state index contributed by atoms with van der Waals surface area (Å²) in [6.07, 6.45) is 11.5. The predicted molar refractivity (Wildman–Crippen MR) is 88.7 cm³/mol. The normalized spacial score (nSPS) is 26.7. The van der Waals surface area contributed by atoms with Crippen molar-refractivity contribution >= 4 is 5.96 Å². The van der Waals surface area contributed by atoms with Crippen molar-refractivity contribution in [2.75, 3.05) is 46.3 Å². The SMILES string of the molecule is CN1CCCN=C1NCCN1CCC2(CCCCC2)CC1. The van der Waals surface area contributed by atoms with Crippen LogP contribution in [0, 0.1) is 5.41 Å². The Morgan fingerprint density at radius 1 is 1.00 bits per heavy atom. The molecule has 4 nitrogen and oxygen atoms in total. The minimum absolute atomic E-state index is 0.732. The number of guanidine groups is 1. The molecular formula is C17H32N4. The lowest BCUT2D eigenvalue weighted by atomic mass is 9.68. The van der Waals surface area contributed by atoms with Crippen LogP contribution in [0.1, 0.15) is 51.4 Å². The zero-order valence-corrected chi connectivity index (χ0v) is 13.7. The zero-order valence-electron chi connectivity index (χ0n) is 13.7. The standard InChI is InChI=1S/C17H32N4/c1-20-12-5-10-18-16(20)19-11-15-21-13-8-17(9-14-21)6-3-2-4-7-17/h2-15H2,1H3,(H,18,19). The molecule has 2 heterocycles. The quantitative estimate of drug-likeness (QED) is 0.866. The van der Waals surface area contributed by atoms with Crippen molar-refractivity contribution in [3.63, 3.8) is 0 Å². The molecular weight excluding hydrogens is 260 g/mol. The van der Waals surface area contributed by atoms with Crippen molar-refractivity contribution in [3.05, 3.63) is 0 Å². The van der Waals surface area contributed by atoms with Gasteiger partial charge < -0.3 is 15.1 Å². The lowest BCUT2D eigenvalue weighted by Gasteiger charge is -2.44. The molecule has 0 aromatic rings. The van der Waals surface area contributed by atoms with Crippen LogP contribution in [0.5, 0.6) is 0 Å². The molecule has 2 fully saturated rings. The van der Waals surface area contributed by atoms with Gasteiger partial charge in [-0.05, 0) is 50.6 Å². The highest BCUT2D eigenvalue weighted by molar-refractivity contribution is 5.80. The number of piperidine rings is 1. The molecule has 0 amide bonds. The fourth-order valence-corrected chi connectivity index (χ4v) is 4.29. The average Bonchev–Trinajstić information content (AvgIpc) is 2.52. The van der Waals surface area contributed by atoms with Crippen molar-refractivity contribution in [1.29, 1.82) is 0 Å². The number of hydrogen-bond donors (Lipinski definition) is 1. The van der Waals surface area contributed by atoms with Gasteiger partial charge in [0.1, 0.15) is 0 Å². The molecule has 21 heavy (non-hydrogen) atoms. The van der Waals surface area contributed by atoms with Crippen LogP contribution in [0.4, 0.5) is 0 Å². The van der Waals surface area contributed by atoms with Crippen molar-refractivity contribution < 1.29 is 0 Å². The Morgan fingerprint density at radius 2 is 1.76 bits per heavy atom. The van der Waals surface area contributed by atoms with E-state index in [1.54, 1.807) is 0 Å². The van der Waals surface area contributed by atoms with Gasteiger partial charge in [-0.25, -0.2) is 0 Å². The van der Waals surface area contributed by atoms with E-state index in [0.29, 0.717) is 0 Å². The van der Waals surface area contributed by atoms with Gasteiger partial charge in [0.25, 0.3) is 0 Å². The third kappa shape index (κ3) is 3.91. The summed E-state index contributed by atoms with van der Waals surface area (Å²) in [5.41, 5.74) is 0.732. The van der Waals surface area contributed by atoms with E-state index in [0.717, 1.165) is 31.0 Å². The molecule has 0 aromatic heterocycles. The lowest BCUT2D eigenvalue weighted by Crippen LogP contribution is -2.47. The van der Waals surface area contributed by atoms with Crippen LogP contribution in [0.25, 0.3) is 0 Å². The number of aliphatic imine (C=N–C) groups is 1. The molecule has 0 aromatic carbocycles. The maximum atomic E-state index is 4.57. The van der Waals surface area contributed by atoms with Gasteiger partial charge in [0.2, 0.25) is 0 Å². The first-order chi connectivity index (χ1) is 10.3. The summed E-state index contributed by atoms with van der Waals surface area (Å²) in [6, 6.07) is 0. The monoisotopic (exact) mass is 292 g/mol. The van der Waals surface area contributed by atoms with Crippen LogP contribution in [0.2, 0.25) is 0 Å². The first-order valence-electron chi connectivity index (χ1n) is 8.99. The fraction of sp³-hybridized carbons (Fsp3) is 0.941. The number of nitrogens with zero attached hydrogens (tertiary/aromatic N) is 3. The first-order valence-corrected chi connectivity index (χ1v) is 8.99. The molecule has 1 spiro atoms. The highest BCUT2D eigenvalue weighted by Crippen LogP contribution is 2.44. The van der Waals surface area contributed by atoms with Crippen LogP contribution in [-0.2, 0) is 0 Å². The predicted octanol–water partition coefficient (Wildman–Crippen LogP) is 2.31. The second-order valence-corrected chi connectivity index (χ2v) is 7.31. The van der Waals surface area contributed by atoms with Gasteiger partial charge in [0.05, 0.1) is 0 Å². The summed E-state index contributed by atoms with van der Waals surface area (Å²) < 4.78 is 0. The summed E-state index contributed by atoms with van der Waals surface area (Å²) >= 11 is 0. The second kappa shape index (κ2) is 6.99. The molecule has 1 aliphatic carbocycles. The Labute approximate surface area is 130 Å². The van der Waals surface area contributed by atoms with E-state index in [4.69, 9.17) is 0 Å². The van der Waals surface area contributed by atoms with E-state index in [1.807, 2.05) is 0 Å². The second-order valence-electron chi connectivity index (χ2n) is 7.31. The largest absolute Gasteiger partial charge is 0.355 e. The topological polar surface area (TPSA) is 30.9 Å². The summed E-state index contributed by atoms with van der Waals surface area (Å²) in [5.74, 6) is 1.10. The molecule has 120 valence electrons. The Bertz CT molecular complexity index is 350. The third-order valence-corrected chi connectivity index (χ3v) is 5.82. The van der Waals surface area contributed by atoms with Gasteiger partial charge in [0, 0.05) is 33.2 Å². The van der Waals surface area contributed by atoms with E-state index in [2.05, 4.69) is 27.2 Å². The number of hydrogen-bond acceptors (Lipinski definition) is 4. The maximum absolute atomic E-state index is 4.57. The molecule has 1 saturated carbocycles. The van der Waals surface area contributed by atoms with E-state index in [-0.39, 0.29) is 0 Å². The van der Waals surface area contributed by atoms with Gasteiger partial charge in [0.15, 0.2) is 5.96 Å². The smallest absolute Gasteiger partial charge is 0.193 e. The van der Waals surface area contributed by atoms with E-state index in [9.17, 15) is 0 Å². The lowest BCUT2D eigenvalue weighted by molar-refractivity contribution is 0.0688. The number of likely N-dealkylation sites (tertiary alicyclic amines) is 1. The summed E-state index contributed by atoms with van der Waals surface area (Å²) in [5, 5.41) is 3.52. The van der Waals surface area contributed by atoms with Gasteiger partial charge in [-0.3, -0.25) is 4.99 Å². The van der Waals surface area contributed by atoms with Crippen molar-refractivity contribution in [2.24, 2.45) is 10.4 Å². The summed E-state index contributed by atoms with van der Waals surface area (Å²) in [7, 11) is 2.14. The summed E-state index contributed by atoms with van der Waals surface area (Å²) in [4.78, 5) is 9.47. The Hall–Kier alpha value is -0.770. The Kier molecular flexibility index (Phi) is 5.04. The number of nitrogens with one attached hydrogen (secondary N) is 1. The van der Waals surface area contributed by atoms with Crippen LogP contribution < -0.4 is 5.32 Å². The van der Waals surface area contributed by atoms with E-state index in [1.165, 1.54) is 71.0 Å². The molecule has 0 atom stereocenters.